The molecule has 0 saturated heterocycles. The average Bonchev–Trinajstić information content (AvgIpc) is 2.85. The molecule has 1 aliphatic heterocycles. The number of aryl methyl sites for hydroxylation is 1. The quantitative estimate of drug-likeness (QED) is 0.628. The molecule has 1 aromatic carbocycles. The van der Waals surface area contributed by atoms with Crippen molar-refractivity contribution in [3.05, 3.63) is 46.2 Å². The molecule has 0 unspecified atom stereocenters. The summed E-state index contributed by atoms with van der Waals surface area (Å²) in [5.74, 6) is 0.594. The number of amidine groups is 1. The first-order valence-electron chi connectivity index (χ1n) is 6.58. The molecule has 6 heteroatoms. The Hall–Kier alpha value is -1.23. The maximum absolute atomic E-state index is 6.02. The van der Waals surface area contributed by atoms with E-state index in [-0.39, 0.29) is 24.8 Å². The van der Waals surface area contributed by atoms with Gasteiger partial charge in [0.15, 0.2) is 0 Å². The Balaban J connectivity index is 0.00000110. The van der Waals surface area contributed by atoms with Crippen LogP contribution < -0.4 is 11.1 Å². The third-order valence-electron chi connectivity index (χ3n) is 3.30. The third kappa shape index (κ3) is 4.37. The van der Waals surface area contributed by atoms with Gasteiger partial charge in [0.2, 0.25) is 0 Å². The highest BCUT2D eigenvalue weighted by Crippen LogP contribution is 2.26. The van der Waals surface area contributed by atoms with Gasteiger partial charge in [-0.2, -0.15) is 0 Å². The van der Waals surface area contributed by atoms with Gasteiger partial charge in [0.25, 0.3) is 0 Å². The van der Waals surface area contributed by atoms with Crippen LogP contribution in [0.4, 0.5) is 11.4 Å². The van der Waals surface area contributed by atoms with E-state index in [9.17, 15) is 0 Å². The maximum atomic E-state index is 6.02. The highest BCUT2D eigenvalue weighted by atomic mass is 35.5. The van der Waals surface area contributed by atoms with Gasteiger partial charge in [-0.25, -0.2) is 4.99 Å². The minimum absolute atomic E-state index is 0. The monoisotopic (exact) mass is 343 g/mol. The summed E-state index contributed by atoms with van der Waals surface area (Å²) in [5, 5.41) is 5.47. The van der Waals surface area contributed by atoms with E-state index in [1.807, 2.05) is 23.6 Å². The summed E-state index contributed by atoms with van der Waals surface area (Å²) in [7, 11) is 0. The van der Waals surface area contributed by atoms with Crippen molar-refractivity contribution in [2.45, 2.75) is 19.3 Å². The summed E-state index contributed by atoms with van der Waals surface area (Å²) >= 11 is 1.61. The molecule has 0 amide bonds. The second kappa shape index (κ2) is 8.27. The normalized spacial score (nSPS) is 14.0. The van der Waals surface area contributed by atoms with Crippen molar-refractivity contribution in [1.82, 2.24) is 0 Å². The van der Waals surface area contributed by atoms with Crippen LogP contribution in [0.3, 0.4) is 0 Å². The third-order valence-corrected chi connectivity index (χ3v) is 4.19. The fourth-order valence-electron chi connectivity index (χ4n) is 2.31. The Kier molecular flexibility index (Phi) is 7.02. The topological polar surface area (TPSA) is 50.4 Å². The number of nitrogens with zero attached hydrogens (tertiary/aromatic N) is 1. The van der Waals surface area contributed by atoms with Gasteiger partial charge in [0, 0.05) is 12.2 Å². The second-order valence-electron chi connectivity index (χ2n) is 4.70. The van der Waals surface area contributed by atoms with E-state index in [0.717, 1.165) is 23.5 Å². The number of fused-ring (bicyclic) bond motifs is 1. The van der Waals surface area contributed by atoms with Crippen molar-refractivity contribution in [3.8, 4) is 0 Å². The molecule has 0 fully saturated rings. The number of hydrogen-bond acceptors (Lipinski definition) is 3. The first kappa shape index (κ1) is 17.8. The molecule has 3 nitrogen and oxygen atoms in total. The largest absolute Gasteiger partial charge is 0.385 e. The molecule has 2 aromatic rings. The van der Waals surface area contributed by atoms with Gasteiger partial charge >= 0.3 is 0 Å². The molecule has 21 heavy (non-hydrogen) atoms. The van der Waals surface area contributed by atoms with E-state index in [2.05, 4.69) is 22.4 Å². The Bertz CT molecular complexity index is 597. The number of halogens is 2. The molecule has 0 spiro atoms. The lowest BCUT2D eigenvalue weighted by Crippen LogP contribution is -2.10. The SMILES string of the molecule is Cl.Cl.NC(=Nc1ccc2c(c1)CCCCN2)c1cccs1. The molecule has 0 bridgehead atoms. The van der Waals surface area contributed by atoms with Gasteiger partial charge in [-0.05, 0) is 54.5 Å². The summed E-state index contributed by atoms with van der Waals surface area (Å²) in [6, 6.07) is 10.3. The lowest BCUT2D eigenvalue weighted by Gasteiger charge is -2.08. The summed E-state index contributed by atoms with van der Waals surface area (Å²) in [4.78, 5) is 5.54. The van der Waals surface area contributed by atoms with Gasteiger partial charge in [0.1, 0.15) is 5.84 Å². The van der Waals surface area contributed by atoms with E-state index < -0.39 is 0 Å². The summed E-state index contributed by atoms with van der Waals surface area (Å²) < 4.78 is 0. The zero-order chi connectivity index (χ0) is 13.1. The van der Waals surface area contributed by atoms with Crippen LogP contribution in [0.15, 0.2) is 40.7 Å². The van der Waals surface area contributed by atoms with E-state index in [4.69, 9.17) is 5.73 Å². The molecule has 2 heterocycles. The van der Waals surface area contributed by atoms with Crippen LogP contribution in [0.25, 0.3) is 0 Å². The number of benzene rings is 1. The van der Waals surface area contributed by atoms with Crippen LogP contribution >= 0.6 is 36.2 Å². The fourth-order valence-corrected chi connectivity index (χ4v) is 2.94. The number of nitrogens with two attached hydrogens (primary N) is 1. The number of anilines is 1. The van der Waals surface area contributed by atoms with Crippen LogP contribution in [-0.2, 0) is 6.42 Å². The first-order chi connectivity index (χ1) is 9.33. The smallest absolute Gasteiger partial charge is 0.141 e. The zero-order valence-electron chi connectivity index (χ0n) is 11.5. The Morgan fingerprint density at radius 3 is 2.81 bits per heavy atom. The molecule has 3 rings (SSSR count). The minimum atomic E-state index is 0. The van der Waals surface area contributed by atoms with Crippen molar-refractivity contribution in [2.75, 3.05) is 11.9 Å². The van der Waals surface area contributed by atoms with E-state index in [1.54, 1.807) is 11.3 Å². The number of rotatable bonds is 2. The first-order valence-corrected chi connectivity index (χ1v) is 7.46. The van der Waals surface area contributed by atoms with Gasteiger partial charge in [-0.3, -0.25) is 0 Å². The van der Waals surface area contributed by atoms with E-state index >= 15 is 0 Å². The summed E-state index contributed by atoms with van der Waals surface area (Å²) in [5.41, 5.74) is 9.55. The lowest BCUT2D eigenvalue weighted by molar-refractivity contribution is 0.785. The number of thiophene rings is 1. The van der Waals surface area contributed by atoms with Crippen molar-refractivity contribution in [3.63, 3.8) is 0 Å². The molecule has 0 saturated carbocycles. The van der Waals surface area contributed by atoms with E-state index in [1.165, 1.54) is 24.1 Å². The van der Waals surface area contributed by atoms with Crippen molar-refractivity contribution in [1.29, 1.82) is 0 Å². The van der Waals surface area contributed by atoms with E-state index in [0.29, 0.717) is 5.84 Å². The molecule has 3 N–H and O–H groups in total. The minimum Gasteiger partial charge on any atom is -0.385 e. The maximum Gasteiger partial charge on any atom is 0.141 e. The van der Waals surface area contributed by atoms with Gasteiger partial charge in [0.05, 0.1) is 10.6 Å². The fraction of sp³-hybridized carbons (Fsp3) is 0.267. The Morgan fingerprint density at radius 1 is 1.19 bits per heavy atom. The standard InChI is InChI=1S/C15H17N3S.2ClH/c16-15(14-5-3-9-19-14)18-12-6-7-13-11(10-12)4-1-2-8-17-13;;/h3,5-7,9-10,17H,1-2,4,8H2,(H2,16,18);2*1H. The van der Waals surface area contributed by atoms with Crippen LogP contribution in [0.2, 0.25) is 0 Å². The Morgan fingerprint density at radius 2 is 2.05 bits per heavy atom. The summed E-state index contributed by atoms with van der Waals surface area (Å²) in [6.45, 7) is 1.06. The Labute approximate surface area is 141 Å². The van der Waals surface area contributed by atoms with Crippen LogP contribution in [0, 0.1) is 0 Å². The number of hydrogen-bond donors (Lipinski definition) is 2. The van der Waals surface area contributed by atoms with Crippen LogP contribution in [0.5, 0.6) is 0 Å². The average molecular weight is 344 g/mol. The summed E-state index contributed by atoms with van der Waals surface area (Å²) in [6.07, 6.45) is 3.57. The van der Waals surface area contributed by atoms with Crippen molar-refractivity contribution in [2.24, 2.45) is 10.7 Å². The van der Waals surface area contributed by atoms with Gasteiger partial charge < -0.3 is 11.1 Å². The molecule has 1 aromatic heterocycles. The van der Waals surface area contributed by atoms with Gasteiger partial charge in [-0.15, -0.1) is 36.2 Å². The van der Waals surface area contributed by atoms with Gasteiger partial charge in [-0.1, -0.05) is 6.07 Å². The van der Waals surface area contributed by atoms with Crippen molar-refractivity contribution < 1.29 is 0 Å². The molecule has 114 valence electrons. The lowest BCUT2D eigenvalue weighted by atomic mass is 10.1. The molecular weight excluding hydrogens is 325 g/mol. The molecular formula is C15H19Cl2N3S. The van der Waals surface area contributed by atoms with Crippen LogP contribution in [0.1, 0.15) is 23.3 Å². The molecule has 0 atom stereocenters. The predicted molar refractivity (Wildman–Crippen MR) is 97.1 cm³/mol. The van der Waals surface area contributed by atoms with Crippen LogP contribution in [-0.4, -0.2) is 12.4 Å². The second-order valence-corrected chi connectivity index (χ2v) is 5.65. The predicted octanol–water partition coefficient (Wildman–Crippen LogP) is 4.38. The van der Waals surface area contributed by atoms with Crippen molar-refractivity contribution >= 4 is 53.4 Å². The zero-order valence-corrected chi connectivity index (χ0v) is 14.0. The number of aliphatic imine (C=N–C) groups is 1. The molecule has 0 aliphatic carbocycles. The number of nitrogens with one attached hydrogen (secondary N) is 1. The molecule has 0 radical (unpaired) electrons. The highest BCUT2D eigenvalue weighted by molar-refractivity contribution is 7.12. The highest BCUT2D eigenvalue weighted by Gasteiger charge is 2.08. The molecule has 1 aliphatic rings.